The first-order valence-electron chi connectivity index (χ1n) is 7.75. The lowest BCUT2D eigenvalue weighted by Crippen LogP contribution is -2.38. The average Bonchev–Trinajstić information content (AvgIpc) is 2.47. The molecule has 0 aromatic heterocycles. The average molecular weight is 304 g/mol. The van der Waals surface area contributed by atoms with E-state index in [0.717, 1.165) is 24.1 Å². The molecule has 1 aromatic carbocycles. The van der Waals surface area contributed by atoms with Gasteiger partial charge in [0.2, 0.25) is 11.8 Å². The van der Waals surface area contributed by atoms with E-state index in [4.69, 9.17) is 4.74 Å². The van der Waals surface area contributed by atoms with E-state index in [0.29, 0.717) is 6.61 Å². The van der Waals surface area contributed by atoms with Gasteiger partial charge in [-0.05, 0) is 30.5 Å². The third-order valence-corrected chi connectivity index (χ3v) is 3.77. The van der Waals surface area contributed by atoms with Gasteiger partial charge in [-0.15, -0.1) is 0 Å². The van der Waals surface area contributed by atoms with Crippen LogP contribution in [0.4, 0.5) is 5.69 Å². The van der Waals surface area contributed by atoms with Crippen molar-refractivity contribution in [1.29, 1.82) is 0 Å². The summed E-state index contributed by atoms with van der Waals surface area (Å²) in [5, 5.41) is 5.83. The van der Waals surface area contributed by atoms with Crippen molar-refractivity contribution in [3.8, 4) is 0 Å². The molecule has 1 aromatic rings. The first-order chi connectivity index (χ1) is 10.5. The van der Waals surface area contributed by atoms with E-state index in [2.05, 4.69) is 10.6 Å². The van der Waals surface area contributed by atoms with Crippen LogP contribution in [0.5, 0.6) is 0 Å². The summed E-state index contributed by atoms with van der Waals surface area (Å²) in [6.07, 6.45) is 1.61. The Morgan fingerprint density at radius 1 is 1.23 bits per heavy atom. The first-order valence-corrected chi connectivity index (χ1v) is 7.75. The highest BCUT2D eigenvalue weighted by Crippen LogP contribution is 2.29. The Bertz CT molecular complexity index is 525. The molecule has 0 spiro atoms. The molecule has 1 saturated heterocycles. The van der Waals surface area contributed by atoms with Gasteiger partial charge in [0.1, 0.15) is 0 Å². The summed E-state index contributed by atoms with van der Waals surface area (Å²) >= 11 is 0. The summed E-state index contributed by atoms with van der Waals surface area (Å²) in [6, 6.07) is 7.88. The fraction of sp³-hybridized carbons (Fsp3) is 0.529. The molecule has 0 radical (unpaired) electrons. The molecule has 1 aliphatic heterocycles. The maximum Gasteiger partial charge on any atom is 0.226 e. The summed E-state index contributed by atoms with van der Waals surface area (Å²) in [7, 11) is 0. The third-order valence-electron chi connectivity index (χ3n) is 3.77. The van der Waals surface area contributed by atoms with Crippen LogP contribution in [0.25, 0.3) is 0 Å². The Kier molecular flexibility index (Phi) is 5.55. The van der Waals surface area contributed by atoms with Crippen molar-refractivity contribution in [1.82, 2.24) is 5.32 Å². The smallest absolute Gasteiger partial charge is 0.226 e. The van der Waals surface area contributed by atoms with Crippen molar-refractivity contribution in [3.63, 3.8) is 0 Å². The minimum Gasteiger partial charge on any atom is -0.373 e. The third kappa shape index (κ3) is 4.56. The van der Waals surface area contributed by atoms with E-state index in [1.807, 2.05) is 38.1 Å². The Hall–Kier alpha value is -1.88. The molecule has 1 heterocycles. The molecule has 1 aliphatic rings. The molecule has 0 bridgehead atoms. The second-order valence-corrected chi connectivity index (χ2v) is 6.05. The Morgan fingerprint density at radius 2 is 1.91 bits per heavy atom. The van der Waals surface area contributed by atoms with Gasteiger partial charge in [-0.25, -0.2) is 0 Å². The summed E-state index contributed by atoms with van der Waals surface area (Å²) in [6.45, 7) is 5.90. The molecule has 1 fully saturated rings. The van der Waals surface area contributed by atoms with E-state index >= 15 is 0 Å². The predicted octanol–water partition coefficient (Wildman–Crippen LogP) is 2.64. The molecule has 0 unspecified atom stereocenters. The number of carbonyl (C=O) groups is 2. The number of carbonyl (C=O) groups excluding carboxylic acids is 2. The molecule has 5 nitrogen and oxygen atoms in total. The monoisotopic (exact) mass is 304 g/mol. The van der Waals surface area contributed by atoms with Crippen LogP contribution in [-0.2, 0) is 14.3 Å². The molecule has 2 atom stereocenters. The lowest BCUT2D eigenvalue weighted by atomic mass is 9.97. The van der Waals surface area contributed by atoms with Crippen molar-refractivity contribution in [3.05, 3.63) is 29.8 Å². The fourth-order valence-corrected chi connectivity index (χ4v) is 2.52. The largest absolute Gasteiger partial charge is 0.373 e. The van der Waals surface area contributed by atoms with Crippen LogP contribution in [-0.4, -0.2) is 24.5 Å². The molecule has 0 saturated carbocycles. The standard InChI is InChI=1S/C17H24N2O3/c1-11(2)17(21)19-14-6-4-13(5-7-14)16-10-15(8-9-22-16)18-12(3)20/h4-7,11,15-16H,8-10H2,1-3H3,(H,18,20)(H,19,21)/t15-,16+/m0/s1. The van der Waals surface area contributed by atoms with Crippen LogP contribution in [0.1, 0.15) is 45.3 Å². The van der Waals surface area contributed by atoms with E-state index in [1.165, 1.54) is 6.92 Å². The fourth-order valence-electron chi connectivity index (χ4n) is 2.52. The highest BCUT2D eigenvalue weighted by atomic mass is 16.5. The second kappa shape index (κ2) is 7.40. The van der Waals surface area contributed by atoms with Gasteiger partial charge in [0, 0.05) is 31.2 Å². The number of hydrogen-bond donors (Lipinski definition) is 2. The van der Waals surface area contributed by atoms with Gasteiger partial charge in [-0.1, -0.05) is 26.0 Å². The summed E-state index contributed by atoms with van der Waals surface area (Å²) < 4.78 is 5.80. The van der Waals surface area contributed by atoms with Gasteiger partial charge in [0.05, 0.1) is 6.10 Å². The van der Waals surface area contributed by atoms with Crippen molar-refractivity contribution in [2.24, 2.45) is 5.92 Å². The van der Waals surface area contributed by atoms with Crippen molar-refractivity contribution in [2.45, 2.75) is 45.8 Å². The van der Waals surface area contributed by atoms with Gasteiger partial charge < -0.3 is 15.4 Å². The van der Waals surface area contributed by atoms with Crippen LogP contribution in [0.2, 0.25) is 0 Å². The van der Waals surface area contributed by atoms with E-state index in [1.54, 1.807) is 0 Å². The minimum absolute atomic E-state index is 0.00241. The number of amides is 2. The van der Waals surface area contributed by atoms with Gasteiger partial charge in [-0.3, -0.25) is 9.59 Å². The van der Waals surface area contributed by atoms with Gasteiger partial charge in [-0.2, -0.15) is 0 Å². The van der Waals surface area contributed by atoms with Crippen LogP contribution in [0, 0.1) is 5.92 Å². The van der Waals surface area contributed by atoms with Crippen LogP contribution < -0.4 is 10.6 Å². The maximum absolute atomic E-state index is 11.7. The lowest BCUT2D eigenvalue weighted by Gasteiger charge is -2.30. The topological polar surface area (TPSA) is 67.4 Å². The van der Waals surface area contributed by atoms with E-state index in [9.17, 15) is 9.59 Å². The Morgan fingerprint density at radius 3 is 2.50 bits per heavy atom. The van der Waals surface area contributed by atoms with Gasteiger partial charge in [0.15, 0.2) is 0 Å². The predicted molar refractivity (Wildman–Crippen MR) is 85.4 cm³/mol. The molecule has 2 N–H and O–H groups in total. The molecule has 2 rings (SSSR count). The van der Waals surface area contributed by atoms with Crippen LogP contribution in [0.15, 0.2) is 24.3 Å². The van der Waals surface area contributed by atoms with Crippen molar-refractivity contribution in [2.75, 3.05) is 11.9 Å². The second-order valence-electron chi connectivity index (χ2n) is 6.05. The number of anilines is 1. The number of ether oxygens (including phenoxy) is 1. The molecular formula is C17H24N2O3. The van der Waals surface area contributed by atoms with E-state index in [-0.39, 0.29) is 29.9 Å². The zero-order chi connectivity index (χ0) is 16.1. The minimum atomic E-state index is -0.0419. The normalized spacial score (nSPS) is 21.5. The summed E-state index contributed by atoms with van der Waals surface area (Å²) in [5.41, 5.74) is 1.86. The molecule has 22 heavy (non-hydrogen) atoms. The number of hydrogen-bond acceptors (Lipinski definition) is 3. The Labute approximate surface area is 131 Å². The highest BCUT2D eigenvalue weighted by Gasteiger charge is 2.24. The van der Waals surface area contributed by atoms with Crippen LogP contribution >= 0.6 is 0 Å². The van der Waals surface area contributed by atoms with E-state index < -0.39 is 0 Å². The first kappa shape index (κ1) is 16.5. The molecule has 2 amide bonds. The van der Waals surface area contributed by atoms with Gasteiger partial charge >= 0.3 is 0 Å². The molecule has 120 valence electrons. The molecule has 5 heteroatoms. The Balaban J connectivity index is 1.97. The summed E-state index contributed by atoms with van der Waals surface area (Å²) in [4.78, 5) is 22.8. The maximum atomic E-state index is 11.7. The molecule has 0 aliphatic carbocycles. The van der Waals surface area contributed by atoms with Crippen molar-refractivity contribution < 1.29 is 14.3 Å². The summed E-state index contributed by atoms with van der Waals surface area (Å²) in [5.74, 6) is -0.0375. The van der Waals surface area contributed by atoms with Crippen LogP contribution in [0.3, 0.4) is 0 Å². The van der Waals surface area contributed by atoms with Crippen molar-refractivity contribution >= 4 is 17.5 Å². The molecular weight excluding hydrogens is 280 g/mol. The highest BCUT2D eigenvalue weighted by molar-refractivity contribution is 5.92. The number of benzene rings is 1. The lowest BCUT2D eigenvalue weighted by molar-refractivity contribution is -0.121. The number of nitrogens with one attached hydrogen (secondary N) is 2. The SMILES string of the molecule is CC(=O)N[C@H]1CCO[C@@H](c2ccc(NC(=O)C(C)C)cc2)C1. The number of rotatable bonds is 4. The zero-order valence-electron chi connectivity index (χ0n) is 13.4. The zero-order valence-corrected chi connectivity index (χ0v) is 13.4. The quantitative estimate of drug-likeness (QED) is 0.898. The van der Waals surface area contributed by atoms with Gasteiger partial charge in [0.25, 0.3) is 0 Å².